The molecule has 0 bridgehead atoms. The molecule has 0 radical (unpaired) electrons. The fourth-order valence-corrected chi connectivity index (χ4v) is 3.89. The van der Waals surface area contributed by atoms with Gasteiger partial charge >= 0.3 is 0 Å². The predicted octanol–water partition coefficient (Wildman–Crippen LogP) is 1.02. The van der Waals surface area contributed by atoms with Crippen LogP contribution >= 0.6 is 0 Å². The molecule has 31 heavy (non-hydrogen) atoms. The Morgan fingerprint density at radius 3 is 2.48 bits per heavy atom. The number of amides is 2. The molecule has 7 heteroatoms. The number of likely N-dealkylation sites (tertiary alicyclic amines) is 1. The first kappa shape index (κ1) is 24.9. The maximum atomic E-state index is 13.5. The zero-order chi connectivity index (χ0) is 23.2. The summed E-state index contributed by atoms with van der Waals surface area (Å²) in [5.74, 6) is 2.02. The number of aliphatic hydroxyl groups excluding tert-OH is 2. The second-order valence-electron chi connectivity index (χ2n) is 9.17. The van der Waals surface area contributed by atoms with Crippen LogP contribution in [-0.2, 0) is 16.1 Å². The lowest BCUT2D eigenvalue weighted by Crippen LogP contribution is -2.58. The molecular formula is C24H35N3O4. The summed E-state index contributed by atoms with van der Waals surface area (Å²) in [6.45, 7) is 8.11. The number of rotatable bonds is 9. The van der Waals surface area contributed by atoms with Crippen molar-refractivity contribution in [1.29, 1.82) is 0 Å². The molecule has 0 aliphatic carbocycles. The van der Waals surface area contributed by atoms with E-state index in [1.54, 1.807) is 0 Å². The molecule has 3 atom stereocenters. The molecule has 1 aliphatic rings. The molecule has 1 fully saturated rings. The minimum atomic E-state index is -0.754. The van der Waals surface area contributed by atoms with Crippen molar-refractivity contribution in [3.05, 3.63) is 35.4 Å². The number of nitrogens with one attached hydrogen (secondary N) is 2. The number of terminal acetylenes is 1. The summed E-state index contributed by atoms with van der Waals surface area (Å²) in [5, 5.41) is 25.8. The maximum absolute atomic E-state index is 13.5. The fraction of sp³-hybridized carbons (Fsp3) is 0.583. The van der Waals surface area contributed by atoms with Gasteiger partial charge in [0.25, 0.3) is 0 Å². The van der Waals surface area contributed by atoms with Crippen LogP contribution in [-0.4, -0.2) is 64.3 Å². The van der Waals surface area contributed by atoms with Gasteiger partial charge in [-0.25, -0.2) is 0 Å². The summed E-state index contributed by atoms with van der Waals surface area (Å²) in [7, 11) is 0. The lowest BCUT2D eigenvalue weighted by Gasteiger charge is -2.38. The minimum absolute atomic E-state index is 0.0395. The van der Waals surface area contributed by atoms with E-state index in [0.717, 1.165) is 11.1 Å². The van der Waals surface area contributed by atoms with Gasteiger partial charge in [0.15, 0.2) is 0 Å². The number of aliphatic hydroxyl groups is 2. The lowest BCUT2D eigenvalue weighted by molar-refractivity contribution is -0.143. The van der Waals surface area contributed by atoms with E-state index >= 15 is 0 Å². The van der Waals surface area contributed by atoms with Crippen molar-refractivity contribution in [2.75, 3.05) is 13.2 Å². The van der Waals surface area contributed by atoms with Gasteiger partial charge in [0.1, 0.15) is 6.04 Å². The zero-order valence-electron chi connectivity index (χ0n) is 18.9. The van der Waals surface area contributed by atoms with Crippen LogP contribution in [0.1, 0.15) is 51.7 Å². The van der Waals surface area contributed by atoms with E-state index in [1.807, 2.05) is 52.0 Å². The molecule has 4 N–H and O–H groups in total. The van der Waals surface area contributed by atoms with Gasteiger partial charge in [-0.15, -0.1) is 6.42 Å². The third kappa shape index (κ3) is 6.54. The van der Waals surface area contributed by atoms with Crippen LogP contribution < -0.4 is 10.6 Å². The Morgan fingerprint density at radius 1 is 1.29 bits per heavy atom. The summed E-state index contributed by atoms with van der Waals surface area (Å²) in [6, 6.07) is 6.02. The van der Waals surface area contributed by atoms with E-state index in [4.69, 9.17) is 6.42 Å². The third-order valence-corrected chi connectivity index (χ3v) is 5.74. The van der Waals surface area contributed by atoms with Gasteiger partial charge in [0, 0.05) is 37.7 Å². The molecule has 2 amide bonds. The predicted molar refractivity (Wildman–Crippen MR) is 120 cm³/mol. The van der Waals surface area contributed by atoms with Crippen LogP contribution in [0.25, 0.3) is 0 Å². The van der Waals surface area contributed by atoms with Crippen LogP contribution in [0.15, 0.2) is 24.3 Å². The summed E-state index contributed by atoms with van der Waals surface area (Å²) >= 11 is 0. The highest BCUT2D eigenvalue weighted by molar-refractivity contribution is 5.91. The molecule has 1 aliphatic heterocycles. The van der Waals surface area contributed by atoms with Crippen molar-refractivity contribution in [3.8, 4) is 12.3 Å². The smallest absolute Gasteiger partial charge is 0.243 e. The molecule has 170 valence electrons. The van der Waals surface area contributed by atoms with Crippen LogP contribution in [0.5, 0.6) is 0 Å². The van der Waals surface area contributed by atoms with Crippen molar-refractivity contribution >= 4 is 11.8 Å². The van der Waals surface area contributed by atoms with Gasteiger partial charge in [0.2, 0.25) is 11.8 Å². The monoisotopic (exact) mass is 429 g/mol. The van der Waals surface area contributed by atoms with Crippen LogP contribution in [0, 0.1) is 17.8 Å². The van der Waals surface area contributed by atoms with E-state index in [2.05, 4.69) is 16.6 Å². The number of hydrogen-bond donors (Lipinski definition) is 4. The fourth-order valence-electron chi connectivity index (χ4n) is 3.89. The molecular weight excluding hydrogens is 394 g/mol. The average Bonchev–Trinajstić information content (AvgIpc) is 3.11. The Labute approximate surface area is 185 Å². The van der Waals surface area contributed by atoms with Crippen LogP contribution in [0.2, 0.25) is 0 Å². The van der Waals surface area contributed by atoms with Crippen LogP contribution in [0.3, 0.4) is 0 Å². The Hall–Kier alpha value is -2.40. The maximum Gasteiger partial charge on any atom is 0.243 e. The molecule has 0 unspecified atom stereocenters. The SMILES string of the molecule is C#Cc1ccc(CNC(=O)[C@@H]2C[C@@H](O)CN2C(=O)[C@@H](NC(C)C)C(C)(C)CCO)cc1. The van der Waals surface area contributed by atoms with Crippen molar-refractivity contribution in [1.82, 2.24) is 15.5 Å². The number of carbonyl (C=O) groups excluding carboxylic acids is 2. The molecule has 1 heterocycles. The first-order valence-electron chi connectivity index (χ1n) is 10.8. The number of carbonyl (C=O) groups is 2. The molecule has 0 saturated carbocycles. The summed E-state index contributed by atoms with van der Waals surface area (Å²) in [6.07, 6.45) is 5.24. The highest BCUT2D eigenvalue weighted by atomic mass is 16.3. The summed E-state index contributed by atoms with van der Waals surface area (Å²) in [5.41, 5.74) is 1.14. The Kier molecular flexibility index (Phi) is 8.63. The van der Waals surface area contributed by atoms with Gasteiger partial charge in [-0.3, -0.25) is 9.59 Å². The van der Waals surface area contributed by atoms with Gasteiger partial charge < -0.3 is 25.7 Å². The topological polar surface area (TPSA) is 102 Å². The van der Waals surface area contributed by atoms with Gasteiger partial charge in [-0.2, -0.15) is 0 Å². The Balaban J connectivity index is 2.14. The molecule has 1 aromatic carbocycles. The minimum Gasteiger partial charge on any atom is -0.396 e. The van der Waals surface area contributed by atoms with E-state index < -0.39 is 23.6 Å². The molecule has 7 nitrogen and oxygen atoms in total. The molecule has 0 spiro atoms. The van der Waals surface area contributed by atoms with Crippen molar-refractivity contribution in [3.63, 3.8) is 0 Å². The number of nitrogens with zero attached hydrogens (tertiary/aromatic N) is 1. The molecule has 0 aromatic heterocycles. The number of hydrogen-bond acceptors (Lipinski definition) is 5. The summed E-state index contributed by atoms with van der Waals surface area (Å²) in [4.78, 5) is 27.9. The number of β-amino-alcohol motifs (C(OH)–C–C–N with tert-alkyl or cyclic N) is 1. The first-order valence-corrected chi connectivity index (χ1v) is 10.8. The van der Waals surface area contributed by atoms with E-state index in [1.165, 1.54) is 4.90 Å². The van der Waals surface area contributed by atoms with Crippen LogP contribution in [0.4, 0.5) is 0 Å². The number of benzene rings is 1. The third-order valence-electron chi connectivity index (χ3n) is 5.74. The van der Waals surface area contributed by atoms with Gasteiger partial charge in [-0.05, 0) is 29.5 Å². The molecule has 1 saturated heterocycles. The highest BCUT2D eigenvalue weighted by Crippen LogP contribution is 2.29. The Bertz CT molecular complexity index is 798. The van der Waals surface area contributed by atoms with E-state index in [0.29, 0.717) is 13.0 Å². The second-order valence-corrected chi connectivity index (χ2v) is 9.17. The average molecular weight is 430 g/mol. The van der Waals surface area contributed by atoms with Crippen molar-refractivity contribution in [2.45, 2.75) is 71.3 Å². The molecule has 2 rings (SSSR count). The Morgan fingerprint density at radius 2 is 1.94 bits per heavy atom. The van der Waals surface area contributed by atoms with E-state index in [9.17, 15) is 19.8 Å². The lowest BCUT2D eigenvalue weighted by atomic mass is 9.80. The standard InChI is InChI=1S/C24H35N3O4/c1-6-17-7-9-18(10-8-17)14-25-22(30)20-13-19(29)15-27(20)23(31)21(26-16(2)3)24(4,5)11-12-28/h1,7-10,16,19-21,26,28-29H,11-15H2,2-5H3,(H,25,30)/t19-,20+,21-/m1/s1. The van der Waals surface area contributed by atoms with E-state index in [-0.39, 0.29) is 37.4 Å². The normalized spacial score (nSPS) is 19.9. The van der Waals surface area contributed by atoms with Gasteiger partial charge in [0.05, 0.1) is 12.1 Å². The molecule has 1 aromatic rings. The first-order chi connectivity index (χ1) is 14.6. The highest BCUT2D eigenvalue weighted by Gasteiger charge is 2.45. The summed E-state index contributed by atoms with van der Waals surface area (Å²) < 4.78 is 0. The van der Waals surface area contributed by atoms with Crippen molar-refractivity contribution < 1.29 is 19.8 Å². The zero-order valence-corrected chi connectivity index (χ0v) is 18.9. The van der Waals surface area contributed by atoms with Gasteiger partial charge in [-0.1, -0.05) is 45.7 Å². The largest absolute Gasteiger partial charge is 0.396 e. The quantitative estimate of drug-likeness (QED) is 0.439. The second kappa shape index (κ2) is 10.8. The van der Waals surface area contributed by atoms with Crippen molar-refractivity contribution in [2.24, 2.45) is 5.41 Å².